The molecule has 1 aromatic carbocycles. The fraction of sp³-hybridized carbons (Fsp3) is 0.214. The highest BCUT2D eigenvalue weighted by molar-refractivity contribution is 6.69. The van der Waals surface area contributed by atoms with E-state index < -0.39 is 19.0 Å². The lowest BCUT2D eigenvalue weighted by molar-refractivity contribution is 1.01. The molecule has 4 aliphatic carbocycles. The Balaban J connectivity index is 1.41. The second-order valence-electron chi connectivity index (χ2n) is 8.78. The second-order valence-corrected chi connectivity index (χ2v) is 12.8. The normalized spacial score (nSPS) is 20.1. The molecule has 0 spiro atoms. The van der Waals surface area contributed by atoms with E-state index in [0.29, 0.717) is 11.1 Å². The molecule has 150 valence electrons. The minimum atomic E-state index is -0.423. The van der Waals surface area contributed by atoms with Gasteiger partial charge in [0.05, 0.1) is 19.0 Å². The number of benzene rings is 1. The molecular weight excluding hydrogens is 392 g/mol. The van der Waals surface area contributed by atoms with Crippen molar-refractivity contribution in [1.82, 2.24) is 0 Å². The Morgan fingerprint density at radius 3 is 1.10 bits per heavy atom. The third-order valence-electron chi connectivity index (χ3n) is 6.96. The average Bonchev–Trinajstić information content (AvgIpc) is 3.60. The number of hydrogen-bond acceptors (Lipinski definition) is 0. The predicted octanol–water partition coefficient (Wildman–Crippen LogP) is 4.40. The zero-order chi connectivity index (χ0) is 20.2. The van der Waals surface area contributed by atoms with E-state index in [0.717, 1.165) is 25.7 Å². The summed E-state index contributed by atoms with van der Waals surface area (Å²) in [7, 11) is -0.846. The van der Waals surface area contributed by atoms with Crippen molar-refractivity contribution in [1.29, 1.82) is 0 Å². The Kier molecular flexibility index (Phi) is 5.96. The van der Waals surface area contributed by atoms with Gasteiger partial charge in [-0.2, -0.15) is 0 Å². The van der Waals surface area contributed by atoms with Gasteiger partial charge in [-0.05, 0) is 36.8 Å². The van der Waals surface area contributed by atoms with Crippen LogP contribution in [0.15, 0.2) is 119 Å². The first kappa shape index (κ1) is 19.5. The van der Waals surface area contributed by atoms with Crippen LogP contribution in [0.2, 0.25) is 11.1 Å². The first-order valence-corrected chi connectivity index (χ1v) is 14.4. The van der Waals surface area contributed by atoms with Gasteiger partial charge in [0.2, 0.25) is 0 Å². The van der Waals surface area contributed by atoms with E-state index in [4.69, 9.17) is 0 Å². The van der Waals surface area contributed by atoms with Crippen LogP contribution in [0.3, 0.4) is 0 Å². The topological polar surface area (TPSA) is 0 Å². The largest absolute Gasteiger partial charge is 0.0805 e. The van der Waals surface area contributed by atoms with Crippen molar-refractivity contribution >= 4 is 29.4 Å². The molecule has 0 N–H and O–H groups in total. The third-order valence-corrected chi connectivity index (χ3v) is 12.6. The zero-order valence-corrected chi connectivity index (χ0v) is 20.5. The maximum Gasteiger partial charge on any atom is 0.0669 e. The molecule has 0 atom stereocenters. The second kappa shape index (κ2) is 9.15. The van der Waals surface area contributed by atoms with Crippen molar-refractivity contribution in [2.45, 2.75) is 36.8 Å². The monoisotopic (exact) mass is 422 g/mol. The van der Waals surface area contributed by atoms with Crippen LogP contribution in [0, 0.1) is 0 Å². The van der Waals surface area contributed by atoms with Gasteiger partial charge in [-0.3, -0.25) is 0 Å². The van der Waals surface area contributed by atoms with Crippen LogP contribution < -0.4 is 10.4 Å². The van der Waals surface area contributed by atoms with Crippen LogP contribution in [0.1, 0.15) is 25.7 Å². The van der Waals surface area contributed by atoms with E-state index in [-0.39, 0.29) is 0 Å². The molecular formula is C28H30Si2. The number of hydrogen-bond donors (Lipinski definition) is 0. The Morgan fingerprint density at radius 2 is 0.833 bits per heavy atom. The molecule has 2 heteroatoms. The average molecular weight is 423 g/mol. The molecule has 0 aromatic heterocycles. The quantitative estimate of drug-likeness (QED) is 0.545. The summed E-state index contributed by atoms with van der Waals surface area (Å²) in [5, 5.41) is 3.44. The molecule has 0 heterocycles. The van der Waals surface area contributed by atoms with Crippen molar-refractivity contribution < 1.29 is 0 Å². The van der Waals surface area contributed by atoms with Crippen molar-refractivity contribution in [2.75, 3.05) is 0 Å². The number of allylic oxidation sites excluding steroid dienone is 16. The first-order chi connectivity index (χ1) is 14.9. The maximum atomic E-state index is 2.47. The van der Waals surface area contributed by atoms with Gasteiger partial charge in [-0.25, -0.2) is 0 Å². The van der Waals surface area contributed by atoms with Crippen LogP contribution in [-0.2, 0) is 0 Å². The standard InChI is InChI=1S/C28H30Si2/c1-2-12-21(11-1)27(22-13-3-4-14-22)29-25-19-9-10-20-26(25)30-28(23-15-5-6-16-23)24-17-7-8-18-24/h1-11,13,15,17,19-20,27-28H,12,14,16,18,29-30H2. The minimum Gasteiger partial charge on any atom is -0.0805 e. The Hall–Kier alpha value is -2.43. The highest BCUT2D eigenvalue weighted by Crippen LogP contribution is 2.36. The summed E-state index contributed by atoms with van der Waals surface area (Å²) in [6, 6.07) is 9.49. The molecule has 30 heavy (non-hydrogen) atoms. The van der Waals surface area contributed by atoms with Crippen molar-refractivity contribution in [3.05, 3.63) is 119 Å². The van der Waals surface area contributed by atoms with Gasteiger partial charge in [-0.1, -0.05) is 130 Å². The molecule has 4 aliphatic rings. The Morgan fingerprint density at radius 1 is 0.500 bits per heavy atom. The lowest BCUT2D eigenvalue weighted by atomic mass is 10.0. The van der Waals surface area contributed by atoms with Gasteiger partial charge >= 0.3 is 0 Å². The summed E-state index contributed by atoms with van der Waals surface area (Å²) in [5.41, 5.74) is 7.96. The Bertz CT molecular complexity index is 911. The van der Waals surface area contributed by atoms with E-state index in [1.165, 1.54) is 0 Å². The molecule has 0 unspecified atom stereocenters. The van der Waals surface area contributed by atoms with Crippen molar-refractivity contribution in [2.24, 2.45) is 0 Å². The van der Waals surface area contributed by atoms with E-state index in [9.17, 15) is 0 Å². The first-order valence-electron chi connectivity index (χ1n) is 11.4. The van der Waals surface area contributed by atoms with Crippen LogP contribution in [0.5, 0.6) is 0 Å². The van der Waals surface area contributed by atoms with Gasteiger partial charge in [0.25, 0.3) is 0 Å². The summed E-state index contributed by atoms with van der Waals surface area (Å²) >= 11 is 0. The Labute approximate surface area is 185 Å². The molecule has 0 amide bonds. The van der Waals surface area contributed by atoms with Crippen molar-refractivity contribution in [3.63, 3.8) is 0 Å². The van der Waals surface area contributed by atoms with Gasteiger partial charge in [-0.15, -0.1) is 0 Å². The molecule has 0 fully saturated rings. The SMILES string of the molecule is C1=CCC(C([SiH2]c2ccccc2[SiH2]C(C2=CC=CC2)C2=CC=CC2)C2=CC=CC2)=C1. The molecule has 0 bridgehead atoms. The summed E-state index contributed by atoms with van der Waals surface area (Å²) in [5.74, 6) is 0. The van der Waals surface area contributed by atoms with Gasteiger partial charge in [0.15, 0.2) is 0 Å². The lowest BCUT2D eigenvalue weighted by Gasteiger charge is -2.24. The lowest BCUT2D eigenvalue weighted by Crippen LogP contribution is -2.40. The van der Waals surface area contributed by atoms with Crippen LogP contribution in [0.4, 0.5) is 0 Å². The van der Waals surface area contributed by atoms with Crippen LogP contribution in [-0.4, -0.2) is 19.0 Å². The van der Waals surface area contributed by atoms with E-state index in [1.54, 1.807) is 32.7 Å². The summed E-state index contributed by atoms with van der Waals surface area (Å²) in [6.45, 7) is 0. The molecule has 0 nitrogen and oxygen atoms in total. The fourth-order valence-electron chi connectivity index (χ4n) is 5.29. The zero-order valence-electron chi connectivity index (χ0n) is 17.6. The molecule has 0 saturated carbocycles. The summed E-state index contributed by atoms with van der Waals surface area (Å²) in [6.07, 6.45) is 32.5. The van der Waals surface area contributed by atoms with Crippen molar-refractivity contribution in [3.8, 4) is 0 Å². The minimum absolute atomic E-state index is 0.423. The van der Waals surface area contributed by atoms with E-state index in [2.05, 4.69) is 97.2 Å². The molecule has 1 aromatic rings. The van der Waals surface area contributed by atoms with Gasteiger partial charge in [0.1, 0.15) is 0 Å². The summed E-state index contributed by atoms with van der Waals surface area (Å²) in [4.78, 5) is 0. The van der Waals surface area contributed by atoms with Gasteiger partial charge < -0.3 is 0 Å². The number of rotatable bonds is 8. The highest BCUT2D eigenvalue weighted by Gasteiger charge is 2.25. The molecule has 0 radical (unpaired) electrons. The molecule has 0 aliphatic heterocycles. The van der Waals surface area contributed by atoms with Gasteiger partial charge in [0, 0.05) is 0 Å². The van der Waals surface area contributed by atoms with E-state index >= 15 is 0 Å². The van der Waals surface area contributed by atoms with E-state index in [1.807, 2.05) is 0 Å². The van der Waals surface area contributed by atoms with Crippen LogP contribution >= 0.6 is 0 Å². The third kappa shape index (κ3) is 4.21. The maximum absolute atomic E-state index is 2.47. The predicted molar refractivity (Wildman–Crippen MR) is 138 cm³/mol. The highest BCUT2D eigenvalue weighted by atomic mass is 28.2. The smallest absolute Gasteiger partial charge is 0.0669 e. The molecule has 0 saturated heterocycles. The van der Waals surface area contributed by atoms with Crippen LogP contribution in [0.25, 0.3) is 0 Å². The molecule has 5 rings (SSSR count). The fourth-order valence-corrected chi connectivity index (χ4v) is 10.6. The summed E-state index contributed by atoms with van der Waals surface area (Å²) < 4.78 is 0.